The predicted octanol–water partition coefficient (Wildman–Crippen LogP) is 1.66. The van der Waals surface area contributed by atoms with E-state index in [0.717, 1.165) is 23.8 Å². The van der Waals surface area contributed by atoms with Crippen molar-refractivity contribution in [3.8, 4) is 5.75 Å². The third kappa shape index (κ3) is 5.63. The summed E-state index contributed by atoms with van der Waals surface area (Å²) in [5.41, 5.74) is 1.08. The third-order valence-corrected chi connectivity index (χ3v) is 3.10. The van der Waals surface area contributed by atoms with Crippen LogP contribution in [0.1, 0.15) is 18.9 Å². The SMILES string of the molecule is CCNC(=NCCC(=O)OC)N(C)Cc1ccccc1OC. The number of nitrogens with zero attached hydrogens (tertiary/aromatic N) is 2. The quantitative estimate of drug-likeness (QED) is 0.471. The van der Waals surface area contributed by atoms with Gasteiger partial charge in [-0.05, 0) is 13.0 Å². The Hall–Kier alpha value is -2.24. The van der Waals surface area contributed by atoms with Crippen LogP contribution in [0.15, 0.2) is 29.3 Å². The molecule has 0 saturated carbocycles. The zero-order valence-electron chi connectivity index (χ0n) is 13.8. The van der Waals surface area contributed by atoms with Crippen molar-refractivity contribution < 1.29 is 14.3 Å². The fraction of sp³-hybridized carbons (Fsp3) is 0.500. The number of hydrogen-bond donors (Lipinski definition) is 1. The maximum Gasteiger partial charge on any atom is 0.307 e. The first-order chi connectivity index (χ1) is 10.6. The second-order valence-electron chi connectivity index (χ2n) is 4.73. The lowest BCUT2D eigenvalue weighted by Crippen LogP contribution is -2.38. The number of esters is 1. The fourth-order valence-electron chi connectivity index (χ4n) is 1.99. The molecular formula is C16H25N3O3. The van der Waals surface area contributed by atoms with Crippen molar-refractivity contribution in [2.24, 2.45) is 4.99 Å². The number of carbonyl (C=O) groups excluding carboxylic acids is 1. The van der Waals surface area contributed by atoms with Crippen LogP contribution in [0.25, 0.3) is 0 Å². The van der Waals surface area contributed by atoms with Crippen molar-refractivity contribution in [3.63, 3.8) is 0 Å². The Kier molecular flexibility index (Phi) is 7.81. The second-order valence-corrected chi connectivity index (χ2v) is 4.73. The van der Waals surface area contributed by atoms with Crippen LogP contribution >= 0.6 is 0 Å². The molecule has 22 heavy (non-hydrogen) atoms. The number of carbonyl (C=O) groups is 1. The van der Waals surface area contributed by atoms with Crippen LogP contribution in [0.5, 0.6) is 5.75 Å². The van der Waals surface area contributed by atoms with Crippen LogP contribution in [-0.2, 0) is 16.1 Å². The molecule has 0 amide bonds. The molecule has 0 aromatic heterocycles. The third-order valence-electron chi connectivity index (χ3n) is 3.10. The molecule has 0 saturated heterocycles. The molecule has 0 atom stereocenters. The molecule has 0 fully saturated rings. The lowest BCUT2D eigenvalue weighted by molar-refractivity contribution is -0.140. The highest BCUT2D eigenvalue weighted by Crippen LogP contribution is 2.18. The Labute approximate surface area is 132 Å². The first-order valence-electron chi connectivity index (χ1n) is 7.30. The van der Waals surface area contributed by atoms with Crippen LogP contribution < -0.4 is 10.1 Å². The van der Waals surface area contributed by atoms with E-state index in [1.54, 1.807) is 7.11 Å². The fourth-order valence-corrected chi connectivity index (χ4v) is 1.99. The number of aliphatic imine (C=N–C) groups is 1. The van der Waals surface area contributed by atoms with Crippen molar-refractivity contribution in [2.75, 3.05) is 34.4 Å². The Morgan fingerprint density at radius 2 is 2.05 bits per heavy atom. The van der Waals surface area contributed by atoms with E-state index in [2.05, 4.69) is 15.0 Å². The molecule has 6 nitrogen and oxygen atoms in total. The largest absolute Gasteiger partial charge is 0.496 e. The minimum absolute atomic E-state index is 0.257. The highest BCUT2D eigenvalue weighted by Gasteiger charge is 2.10. The van der Waals surface area contributed by atoms with Gasteiger partial charge < -0.3 is 19.7 Å². The molecule has 0 aliphatic heterocycles. The summed E-state index contributed by atoms with van der Waals surface area (Å²) in [5, 5.41) is 3.21. The number of rotatable bonds is 7. The molecule has 122 valence electrons. The van der Waals surface area contributed by atoms with E-state index in [4.69, 9.17) is 4.74 Å². The van der Waals surface area contributed by atoms with Gasteiger partial charge in [0.1, 0.15) is 5.75 Å². The number of methoxy groups -OCH3 is 2. The Balaban J connectivity index is 2.73. The van der Waals surface area contributed by atoms with E-state index in [1.165, 1.54) is 7.11 Å². The van der Waals surface area contributed by atoms with Gasteiger partial charge in [0.25, 0.3) is 0 Å². The highest BCUT2D eigenvalue weighted by atomic mass is 16.5. The summed E-state index contributed by atoms with van der Waals surface area (Å²) in [6.45, 7) is 3.82. The van der Waals surface area contributed by atoms with E-state index in [-0.39, 0.29) is 12.4 Å². The summed E-state index contributed by atoms with van der Waals surface area (Å²) in [6.07, 6.45) is 0.272. The normalized spacial score (nSPS) is 11.0. The predicted molar refractivity (Wildman–Crippen MR) is 87.1 cm³/mol. The van der Waals surface area contributed by atoms with E-state index in [0.29, 0.717) is 13.1 Å². The van der Waals surface area contributed by atoms with Gasteiger partial charge in [0.15, 0.2) is 5.96 Å². The van der Waals surface area contributed by atoms with Crippen LogP contribution in [-0.4, -0.2) is 51.2 Å². The summed E-state index contributed by atoms with van der Waals surface area (Å²) >= 11 is 0. The summed E-state index contributed by atoms with van der Waals surface area (Å²) in [6, 6.07) is 7.88. The van der Waals surface area contributed by atoms with E-state index in [1.807, 2.05) is 43.1 Å². The summed E-state index contributed by atoms with van der Waals surface area (Å²) in [4.78, 5) is 17.6. The zero-order chi connectivity index (χ0) is 16.4. The summed E-state index contributed by atoms with van der Waals surface area (Å²) in [5.74, 6) is 1.34. The average Bonchev–Trinajstić information content (AvgIpc) is 2.54. The zero-order valence-corrected chi connectivity index (χ0v) is 13.8. The van der Waals surface area contributed by atoms with Gasteiger partial charge in [0.2, 0.25) is 0 Å². The molecule has 0 aliphatic rings. The molecule has 6 heteroatoms. The number of nitrogens with one attached hydrogen (secondary N) is 1. The Morgan fingerprint density at radius 3 is 2.68 bits per heavy atom. The van der Waals surface area contributed by atoms with Crippen molar-refractivity contribution in [1.29, 1.82) is 0 Å². The number of ether oxygens (including phenoxy) is 2. The van der Waals surface area contributed by atoms with Crippen LogP contribution in [0, 0.1) is 0 Å². The van der Waals surface area contributed by atoms with Crippen molar-refractivity contribution in [3.05, 3.63) is 29.8 Å². The van der Waals surface area contributed by atoms with Crippen molar-refractivity contribution in [1.82, 2.24) is 10.2 Å². The molecule has 0 heterocycles. The van der Waals surface area contributed by atoms with Gasteiger partial charge in [-0.25, -0.2) is 0 Å². The number of hydrogen-bond acceptors (Lipinski definition) is 4. The molecule has 0 radical (unpaired) electrons. The molecule has 1 aromatic carbocycles. The number of para-hydroxylation sites is 1. The standard InChI is InChI=1S/C16H25N3O3/c1-5-17-16(18-11-10-15(20)22-4)19(2)12-13-8-6-7-9-14(13)21-3/h6-9H,5,10-12H2,1-4H3,(H,17,18). The van der Waals surface area contributed by atoms with Crippen LogP contribution in [0.4, 0.5) is 0 Å². The minimum Gasteiger partial charge on any atom is -0.496 e. The van der Waals surface area contributed by atoms with E-state index < -0.39 is 0 Å². The van der Waals surface area contributed by atoms with Crippen LogP contribution in [0.2, 0.25) is 0 Å². The first kappa shape index (κ1) is 17.8. The number of benzene rings is 1. The minimum atomic E-state index is -0.257. The monoisotopic (exact) mass is 307 g/mol. The Morgan fingerprint density at radius 1 is 1.32 bits per heavy atom. The molecule has 0 bridgehead atoms. The van der Waals surface area contributed by atoms with Gasteiger partial charge in [-0.3, -0.25) is 9.79 Å². The van der Waals surface area contributed by atoms with Gasteiger partial charge in [-0.1, -0.05) is 18.2 Å². The average molecular weight is 307 g/mol. The van der Waals surface area contributed by atoms with Gasteiger partial charge in [-0.2, -0.15) is 0 Å². The van der Waals surface area contributed by atoms with Crippen molar-refractivity contribution >= 4 is 11.9 Å². The van der Waals surface area contributed by atoms with Gasteiger partial charge in [0, 0.05) is 25.7 Å². The Bertz CT molecular complexity index is 503. The first-order valence-corrected chi connectivity index (χ1v) is 7.30. The summed E-state index contributed by atoms with van der Waals surface area (Å²) in [7, 11) is 4.99. The van der Waals surface area contributed by atoms with E-state index in [9.17, 15) is 4.79 Å². The van der Waals surface area contributed by atoms with Gasteiger partial charge in [0.05, 0.1) is 27.2 Å². The maximum atomic E-state index is 11.2. The molecule has 0 unspecified atom stereocenters. The topological polar surface area (TPSA) is 63.2 Å². The van der Waals surface area contributed by atoms with Crippen LogP contribution in [0.3, 0.4) is 0 Å². The molecule has 1 rings (SSSR count). The molecule has 1 N–H and O–H groups in total. The highest BCUT2D eigenvalue weighted by molar-refractivity contribution is 5.80. The van der Waals surface area contributed by atoms with Gasteiger partial charge >= 0.3 is 5.97 Å². The smallest absolute Gasteiger partial charge is 0.307 e. The lowest BCUT2D eigenvalue weighted by Gasteiger charge is -2.23. The maximum absolute atomic E-state index is 11.2. The molecule has 1 aromatic rings. The van der Waals surface area contributed by atoms with E-state index >= 15 is 0 Å². The molecule has 0 spiro atoms. The molecule has 0 aliphatic carbocycles. The lowest BCUT2D eigenvalue weighted by atomic mass is 10.2. The number of guanidine groups is 1. The molecular weight excluding hydrogens is 282 g/mol. The van der Waals surface area contributed by atoms with Crippen molar-refractivity contribution in [2.45, 2.75) is 19.9 Å². The van der Waals surface area contributed by atoms with Gasteiger partial charge in [-0.15, -0.1) is 0 Å². The second kappa shape index (κ2) is 9.65. The summed E-state index contributed by atoms with van der Waals surface area (Å²) < 4.78 is 9.98.